The summed E-state index contributed by atoms with van der Waals surface area (Å²) in [5, 5.41) is 20.2. The van der Waals surface area contributed by atoms with Gasteiger partial charge < -0.3 is 10.4 Å². The van der Waals surface area contributed by atoms with Crippen LogP contribution in [0.5, 0.6) is 0 Å². The van der Waals surface area contributed by atoms with Crippen LogP contribution in [-0.2, 0) is 4.79 Å². The van der Waals surface area contributed by atoms with E-state index >= 15 is 0 Å². The fourth-order valence-corrected chi connectivity index (χ4v) is 1.36. The number of aliphatic hydroxyl groups excluding tert-OH is 1. The lowest BCUT2D eigenvalue weighted by atomic mass is 10.0. The van der Waals surface area contributed by atoms with Crippen molar-refractivity contribution in [3.63, 3.8) is 0 Å². The molecule has 0 aliphatic heterocycles. The average Bonchev–Trinajstić information content (AvgIpc) is 2.22. The van der Waals surface area contributed by atoms with Gasteiger partial charge in [0.15, 0.2) is 0 Å². The maximum atomic E-state index is 11.5. The third kappa shape index (κ3) is 6.08. The molecule has 0 spiro atoms. The van der Waals surface area contributed by atoms with E-state index < -0.39 is 5.92 Å². The van der Waals surface area contributed by atoms with Gasteiger partial charge in [-0.3, -0.25) is 4.79 Å². The second-order valence-corrected chi connectivity index (χ2v) is 3.75. The van der Waals surface area contributed by atoms with E-state index in [4.69, 9.17) is 10.4 Å². The minimum atomic E-state index is -0.536. The zero-order chi connectivity index (χ0) is 11.7. The lowest BCUT2D eigenvalue weighted by molar-refractivity contribution is -0.124. The highest BCUT2D eigenvalue weighted by molar-refractivity contribution is 5.81. The third-order valence-electron chi connectivity index (χ3n) is 2.23. The van der Waals surface area contributed by atoms with Crippen molar-refractivity contribution < 1.29 is 9.90 Å². The Kier molecular flexibility index (Phi) is 7.65. The van der Waals surface area contributed by atoms with Crippen LogP contribution >= 0.6 is 0 Å². The van der Waals surface area contributed by atoms with Crippen LogP contribution in [0.2, 0.25) is 0 Å². The third-order valence-corrected chi connectivity index (χ3v) is 2.23. The molecule has 0 fully saturated rings. The second kappa shape index (κ2) is 8.25. The minimum absolute atomic E-state index is 0.0253. The van der Waals surface area contributed by atoms with Gasteiger partial charge in [0.1, 0.15) is 5.92 Å². The van der Waals surface area contributed by atoms with Crippen LogP contribution in [0.1, 0.15) is 39.5 Å². The van der Waals surface area contributed by atoms with Crippen LogP contribution in [0, 0.1) is 17.2 Å². The van der Waals surface area contributed by atoms with Gasteiger partial charge in [-0.15, -0.1) is 0 Å². The summed E-state index contributed by atoms with van der Waals surface area (Å²) in [6.07, 6.45) is 2.85. The van der Waals surface area contributed by atoms with Crippen LogP contribution in [0.25, 0.3) is 0 Å². The van der Waals surface area contributed by atoms with Gasteiger partial charge in [-0.25, -0.2) is 0 Å². The molecule has 0 aromatic rings. The molecule has 0 radical (unpaired) electrons. The second-order valence-electron chi connectivity index (χ2n) is 3.75. The van der Waals surface area contributed by atoms with Crippen molar-refractivity contribution in [2.45, 2.75) is 45.6 Å². The normalized spacial score (nSPS) is 14.0. The van der Waals surface area contributed by atoms with Gasteiger partial charge in [-0.05, 0) is 26.2 Å². The Morgan fingerprint density at radius 3 is 2.67 bits per heavy atom. The smallest absolute Gasteiger partial charge is 0.237 e. The minimum Gasteiger partial charge on any atom is -0.396 e. The Hall–Kier alpha value is -1.08. The van der Waals surface area contributed by atoms with Crippen molar-refractivity contribution in [1.82, 2.24) is 5.32 Å². The quantitative estimate of drug-likeness (QED) is 0.666. The van der Waals surface area contributed by atoms with E-state index in [9.17, 15) is 4.79 Å². The van der Waals surface area contributed by atoms with Gasteiger partial charge in [-0.2, -0.15) is 5.26 Å². The van der Waals surface area contributed by atoms with Crippen molar-refractivity contribution in [3.8, 4) is 6.07 Å². The number of amides is 1. The predicted octanol–water partition coefficient (Wildman–Crippen LogP) is 1.20. The van der Waals surface area contributed by atoms with Crippen molar-refractivity contribution in [3.05, 3.63) is 0 Å². The van der Waals surface area contributed by atoms with E-state index in [1.807, 2.05) is 19.9 Å². The van der Waals surface area contributed by atoms with E-state index in [2.05, 4.69) is 5.32 Å². The molecule has 15 heavy (non-hydrogen) atoms. The first-order chi connectivity index (χ1) is 7.15. The Morgan fingerprint density at radius 2 is 2.20 bits per heavy atom. The first-order valence-corrected chi connectivity index (χ1v) is 5.46. The first-order valence-electron chi connectivity index (χ1n) is 5.46. The van der Waals surface area contributed by atoms with Crippen LogP contribution in [0.3, 0.4) is 0 Å². The Morgan fingerprint density at radius 1 is 1.53 bits per heavy atom. The molecule has 1 amide bonds. The van der Waals surface area contributed by atoms with Gasteiger partial charge in [0.05, 0.1) is 6.07 Å². The van der Waals surface area contributed by atoms with Crippen molar-refractivity contribution in [1.29, 1.82) is 5.26 Å². The van der Waals surface area contributed by atoms with E-state index in [0.717, 1.165) is 12.8 Å². The summed E-state index contributed by atoms with van der Waals surface area (Å²) < 4.78 is 0. The monoisotopic (exact) mass is 212 g/mol. The van der Waals surface area contributed by atoms with Crippen molar-refractivity contribution in [2.24, 2.45) is 5.92 Å². The molecule has 0 aliphatic rings. The van der Waals surface area contributed by atoms with Crippen molar-refractivity contribution >= 4 is 5.91 Å². The summed E-state index contributed by atoms with van der Waals surface area (Å²) in [5.41, 5.74) is 0. The summed E-state index contributed by atoms with van der Waals surface area (Å²) in [5.74, 6) is -0.726. The number of nitrogens with one attached hydrogen (secondary N) is 1. The Bertz CT molecular complexity index is 223. The molecular formula is C11H20N2O2. The summed E-state index contributed by atoms with van der Waals surface area (Å²) in [4.78, 5) is 11.5. The first kappa shape index (κ1) is 13.9. The number of aliphatic hydroxyl groups is 1. The molecule has 0 saturated carbocycles. The van der Waals surface area contributed by atoms with Crippen LogP contribution in [0.15, 0.2) is 0 Å². The fraction of sp³-hybridized carbons (Fsp3) is 0.818. The fourth-order valence-electron chi connectivity index (χ4n) is 1.36. The zero-order valence-corrected chi connectivity index (χ0v) is 9.49. The molecule has 86 valence electrons. The lowest BCUT2D eigenvalue weighted by Gasteiger charge is -2.15. The predicted molar refractivity (Wildman–Crippen MR) is 57.9 cm³/mol. The average molecular weight is 212 g/mol. The van der Waals surface area contributed by atoms with Gasteiger partial charge in [-0.1, -0.05) is 13.3 Å². The van der Waals surface area contributed by atoms with Gasteiger partial charge in [0, 0.05) is 12.6 Å². The number of carbonyl (C=O) groups excluding carboxylic acids is 1. The Balaban J connectivity index is 3.94. The molecule has 0 bridgehead atoms. The highest BCUT2D eigenvalue weighted by atomic mass is 16.2. The van der Waals surface area contributed by atoms with Gasteiger partial charge >= 0.3 is 0 Å². The van der Waals surface area contributed by atoms with Crippen LogP contribution in [-0.4, -0.2) is 23.7 Å². The molecule has 2 unspecified atom stereocenters. The molecular weight excluding hydrogens is 192 g/mol. The van der Waals surface area contributed by atoms with Gasteiger partial charge in [0.25, 0.3) is 0 Å². The van der Waals surface area contributed by atoms with Gasteiger partial charge in [0.2, 0.25) is 5.91 Å². The molecule has 0 aromatic carbocycles. The molecule has 0 aromatic heterocycles. The summed E-state index contributed by atoms with van der Waals surface area (Å²) >= 11 is 0. The summed E-state index contributed by atoms with van der Waals surface area (Å²) in [7, 11) is 0. The zero-order valence-electron chi connectivity index (χ0n) is 9.49. The number of hydrogen-bond donors (Lipinski definition) is 2. The lowest BCUT2D eigenvalue weighted by Crippen LogP contribution is -2.36. The number of nitrogens with zero attached hydrogens (tertiary/aromatic N) is 1. The maximum Gasteiger partial charge on any atom is 0.237 e. The largest absolute Gasteiger partial charge is 0.396 e. The molecule has 0 aliphatic carbocycles. The Labute approximate surface area is 91.3 Å². The standard InChI is InChI=1S/C11H20N2O2/c1-3-5-10(8-12)11(15)13-9(2)6-4-7-14/h9-10,14H,3-7H2,1-2H3,(H,13,15). The summed E-state index contributed by atoms with van der Waals surface area (Å²) in [6, 6.07) is 2.03. The maximum absolute atomic E-state index is 11.5. The topological polar surface area (TPSA) is 73.1 Å². The SMILES string of the molecule is CCCC(C#N)C(=O)NC(C)CCCO. The van der Waals surface area contributed by atoms with Crippen LogP contribution in [0.4, 0.5) is 0 Å². The summed E-state index contributed by atoms with van der Waals surface area (Å²) in [6.45, 7) is 3.97. The number of nitriles is 1. The molecule has 2 N–H and O–H groups in total. The van der Waals surface area contributed by atoms with E-state index in [1.54, 1.807) is 0 Å². The number of rotatable bonds is 7. The van der Waals surface area contributed by atoms with Crippen LogP contribution < -0.4 is 5.32 Å². The molecule has 0 rings (SSSR count). The molecule has 2 atom stereocenters. The highest BCUT2D eigenvalue weighted by Crippen LogP contribution is 2.06. The van der Waals surface area contributed by atoms with Crippen molar-refractivity contribution in [2.75, 3.05) is 6.61 Å². The highest BCUT2D eigenvalue weighted by Gasteiger charge is 2.17. The molecule has 0 saturated heterocycles. The molecule has 4 nitrogen and oxygen atoms in total. The molecule has 4 heteroatoms. The molecule has 0 heterocycles. The number of carbonyl (C=O) groups is 1. The van der Waals surface area contributed by atoms with E-state index in [0.29, 0.717) is 12.8 Å². The van der Waals surface area contributed by atoms with E-state index in [1.165, 1.54) is 0 Å². The number of hydrogen-bond acceptors (Lipinski definition) is 3. The van der Waals surface area contributed by atoms with E-state index in [-0.39, 0.29) is 18.6 Å².